The molecule has 0 amide bonds. The van der Waals surface area contributed by atoms with Crippen molar-refractivity contribution in [2.75, 3.05) is 79.4 Å². The molecule has 2 aliphatic rings. The topological polar surface area (TPSA) is 67.4 Å². The molecule has 0 unspecified atom stereocenters. The van der Waals surface area contributed by atoms with Crippen molar-refractivity contribution in [3.05, 3.63) is 0 Å². The van der Waals surface area contributed by atoms with E-state index in [1.165, 1.54) is 13.0 Å². The van der Waals surface area contributed by atoms with Gasteiger partial charge in [-0.2, -0.15) is 0 Å². The SMILES string of the molecule is CN=C(NCCCCN1CCOCC1)NCCCOCC1CCOCC1. The van der Waals surface area contributed by atoms with Crippen molar-refractivity contribution in [1.82, 2.24) is 15.5 Å². The fraction of sp³-hybridized carbons (Fsp3) is 0.947. The number of morpholine rings is 1. The van der Waals surface area contributed by atoms with Gasteiger partial charge in [0, 0.05) is 59.7 Å². The molecule has 0 aromatic carbocycles. The summed E-state index contributed by atoms with van der Waals surface area (Å²) < 4.78 is 16.5. The lowest BCUT2D eigenvalue weighted by molar-refractivity contribution is 0.0203. The van der Waals surface area contributed by atoms with Crippen molar-refractivity contribution in [2.45, 2.75) is 32.1 Å². The van der Waals surface area contributed by atoms with Crippen molar-refractivity contribution in [3.63, 3.8) is 0 Å². The fourth-order valence-corrected chi connectivity index (χ4v) is 3.26. The Bertz CT molecular complexity index is 370. The molecule has 0 atom stereocenters. The Labute approximate surface area is 158 Å². The summed E-state index contributed by atoms with van der Waals surface area (Å²) in [5.41, 5.74) is 0. The highest BCUT2D eigenvalue weighted by Gasteiger charge is 2.13. The normalized spacial score (nSPS) is 20.3. The monoisotopic (exact) mass is 370 g/mol. The third-order valence-corrected chi connectivity index (χ3v) is 4.97. The van der Waals surface area contributed by atoms with E-state index in [-0.39, 0.29) is 0 Å². The number of hydrogen-bond acceptors (Lipinski definition) is 5. The Hall–Kier alpha value is -0.890. The van der Waals surface area contributed by atoms with Crippen molar-refractivity contribution in [3.8, 4) is 0 Å². The van der Waals surface area contributed by atoms with Gasteiger partial charge in [-0.3, -0.25) is 9.89 Å². The van der Waals surface area contributed by atoms with Crippen molar-refractivity contribution in [2.24, 2.45) is 10.9 Å². The summed E-state index contributed by atoms with van der Waals surface area (Å²) in [5.74, 6) is 1.57. The van der Waals surface area contributed by atoms with Gasteiger partial charge in [0.25, 0.3) is 0 Å². The van der Waals surface area contributed by atoms with Crippen LogP contribution in [0.5, 0.6) is 0 Å². The van der Waals surface area contributed by atoms with E-state index in [1.807, 2.05) is 7.05 Å². The lowest BCUT2D eigenvalue weighted by Crippen LogP contribution is -2.39. The van der Waals surface area contributed by atoms with Crippen LogP contribution in [0.3, 0.4) is 0 Å². The molecule has 152 valence electrons. The summed E-state index contributed by atoms with van der Waals surface area (Å²) in [6.45, 7) is 10.4. The molecule has 0 aliphatic carbocycles. The number of rotatable bonds is 11. The Morgan fingerprint density at radius 3 is 2.42 bits per heavy atom. The molecule has 7 heteroatoms. The summed E-state index contributed by atoms with van der Waals surface area (Å²) in [5, 5.41) is 6.75. The number of nitrogens with zero attached hydrogens (tertiary/aromatic N) is 2. The molecule has 0 spiro atoms. The molecule has 2 fully saturated rings. The van der Waals surface area contributed by atoms with E-state index in [1.54, 1.807) is 0 Å². The van der Waals surface area contributed by atoms with Gasteiger partial charge in [-0.05, 0) is 44.6 Å². The van der Waals surface area contributed by atoms with Gasteiger partial charge in [0.05, 0.1) is 13.2 Å². The minimum atomic E-state index is 0.684. The van der Waals surface area contributed by atoms with Crippen molar-refractivity contribution < 1.29 is 14.2 Å². The van der Waals surface area contributed by atoms with Gasteiger partial charge >= 0.3 is 0 Å². The Kier molecular flexibility index (Phi) is 11.7. The zero-order valence-electron chi connectivity index (χ0n) is 16.5. The van der Waals surface area contributed by atoms with Gasteiger partial charge in [-0.15, -0.1) is 0 Å². The Morgan fingerprint density at radius 1 is 1.00 bits per heavy atom. The summed E-state index contributed by atoms with van der Waals surface area (Å²) in [6.07, 6.45) is 5.65. The highest BCUT2D eigenvalue weighted by molar-refractivity contribution is 5.79. The predicted octanol–water partition coefficient (Wildman–Crippen LogP) is 1.10. The molecule has 0 aromatic rings. The Balaban J connectivity index is 1.38. The number of unbranched alkanes of at least 4 members (excludes halogenated alkanes) is 1. The van der Waals surface area contributed by atoms with Gasteiger partial charge in [0.15, 0.2) is 5.96 Å². The van der Waals surface area contributed by atoms with Crippen molar-refractivity contribution >= 4 is 5.96 Å². The standard InChI is InChI=1S/C19H38N4O3/c1-20-19(21-7-2-3-9-23-10-15-25-16-11-23)22-8-4-12-26-17-18-5-13-24-14-6-18/h18H,2-17H2,1H3,(H2,20,21,22). The lowest BCUT2D eigenvalue weighted by Gasteiger charge is -2.26. The molecule has 0 bridgehead atoms. The summed E-state index contributed by atoms with van der Waals surface area (Å²) in [4.78, 5) is 6.76. The van der Waals surface area contributed by atoms with Crippen LogP contribution in [-0.4, -0.2) is 90.3 Å². The second-order valence-electron chi connectivity index (χ2n) is 7.07. The van der Waals surface area contributed by atoms with Crippen LogP contribution in [-0.2, 0) is 14.2 Å². The largest absolute Gasteiger partial charge is 0.381 e. The minimum absolute atomic E-state index is 0.684. The average Bonchev–Trinajstić information content (AvgIpc) is 2.70. The van der Waals surface area contributed by atoms with E-state index in [0.717, 1.165) is 97.5 Å². The maximum Gasteiger partial charge on any atom is 0.190 e. The molecule has 0 radical (unpaired) electrons. The smallest absolute Gasteiger partial charge is 0.190 e. The first-order valence-electron chi connectivity index (χ1n) is 10.3. The average molecular weight is 371 g/mol. The number of ether oxygens (including phenoxy) is 3. The van der Waals surface area contributed by atoms with Crippen LogP contribution in [0.25, 0.3) is 0 Å². The number of hydrogen-bond donors (Lipinski definition) is 2. The number of guanidine groups is 1. The fourth-order valence-electron chi connectivity index (χ4n) is 3.26. The van der Waals surface area contributed by atoms with Crippen LogP contribution in [0, 0.1) is 5.92 Å². The van der Waals surface area contributed by atoms with Crippen LogP contribution in [0.2, 0.25) is 0 Å². The van der Waals surface area contributed by atoms with E-state index < -0.39 is 0 Å². The molecule has 2 rings (SSSR count). The van der Waals surface area contributed by atoms with E-state index in [0.29, 0.717) is 5.92 Å². The number of nitrogens with one attached hydrogen (secondary N) is 2. The summed E-state index contributed by atoms with van der Waals surface area (Å²) in [6, 6.07) is 0. The Morgan fingerprint density at radius 2 is 1.69 bits per heavy atom. The molecule has 2 N–H and O–H groups in total. The van der Waals surface area contributed by atoms with Gasteiger partial charge in [0.1, 0.15) is 0 Å². The van der Waals surface area contributed by atoms with Crippen LogP contribution in [0.15, 0.2) is 4.99 Å². The first-order valence-corrected chi connectivity index (χ1v) is 10.3. The molecule has 2 aliphatic heterocycles. The van der Waals surface area contributed by atoms with E-state index in [4.69, 9.17) is 14.2 Å². The molecule has 2 saturated heterocycles. The zero-order chi connectivity index (χ0) is 18.3. The van der Waals surface area contributed by atoms with Crippen LogP contribution >= 0.6 is 0 Å². The molecule has 0 saturated carbocycles. The first kappa shape index (κ1) is 21.4. The molecule has 7 nitrogen and oxygen atoms in total. The molecule has 26 heavy (non-hydrogen) atoms. The summed E-state index contributed by atoms with van der Waals surface area (Å²) in [7, 11) is 1.82. The van der Waals surface area contributed by atoms with Gasteiger partial charge in [0.2, 0.25) is 0 Å². The van der Waals surface area contributed by atoms with Gasteiger partial charge in [-0.1, -0.05) is 0 Å². The second-order valence-corrected chi connectivity index (χ2v) is 7.07. The van der Waals surface area contributed by atoms with Gasteiger partial charge < -0.3 is 24.8 Å². The van der Waals surface area contributed by atoms with Crippen molar-refractivity contribution in [1.29, 1.82) is 0 Å². The van der Waals surface area contributed by atoms with Crippen LogP contribution < -0.4 is 10.6 Å². The first-order chi connectivity index (χ1) is 12.9. The molecule has 0 aromatic heterocycles. The molecular weight excluding hydrogens is 332 g/mol. The maximum absolute atomic E-state index is 5.79. The molecular formula is C19H38N4O3. The maximum atomic E-state index is 5.79. The van der Waals surface area contributed by atoms with Crippen LogP contribution in [0.1, 0.15) is 32.1 Å². The van der Waals surface area contributed by atoms with E-state index in [2.05, 4.69) is 20.5 Å². The van der Waals surface area contributed by atoms with Gasteiger partial charge in [-0.25, -0.2) is 0 Å². The highest BCUT2D eigenvalue weighted by atomic mass is 16.5. The van der Waals surface area contributed by atoms with E-state index in [9.17, 15) is 0 Å². The lowest BCUT2D eigenvalue weighted by atomic mass is 10.0. The van der Waals surface area contributed by atoms with Crippen LogP contribution in [0.4, 0.5) is 0 Å². The quantitative estimate of drug-likeness (QED) is 0.322. The minimum Gasteiger partial charge on any atom is -0.381 e. The third-order valence-electron chi connectivity index (χ3n) is 4.97. The number of aliphatic imine (C=N–C) groups is 1. The highest BCUT2D eigenvalue weighted by Crippen LogP contribution is 2.14. The zero-order valence-corrected chi connectivity index (χ0v) is 16.5. The predicted molar refractivity (Wildman–Crippen MR) is 105 cm³/mol. The third kappa shape index (κ3) is 9.71. The van der Waals surface area contributed by atoms with E-state index >= 15 is 0 Å². The second kappa shape index (κ2) is 14.2. The summed E-state index contributed by atoms with van der Waals surface area (Å²) >= 11 is 0. The molecule has 2 heterocycles.